The molecule has 0 bridgehead atoms. The van der Waals surface area contributed by atoms with Crippen molar-refractivity contribution in [1.29, 1.82) is 0 Å². The van der Waals surface area contributed by atoms with Gasteiger partial charge in [0.25, 0.3) is 0 Å². The van der Waals surface area contributed by atoms with Crippen LogP contribution in [0.2, 0.25) is 0 Å². The van der Waals surface area contributed by atoms with E-state index >= 15 is 0 Å². The van der Waals surface area contributed by atoms with Crippen LogP contribution in [0, 0.1) is 5.92 Å². The van der Waals surface area contributed by atoms with Crippen molar-refractivity contribution in [3.8, 4) is 5.75 Å². The minimum absolute atomic E-state index is 0.107. The highest BCUT2D eigenvalue weighted by atomic mass is 16.3. The number of nitrogens with two attached hydrogens (primary N) is 2. The number of carbonyl (C=O) groups is 2. The number of aromatic nitrogens is 1. The summed E-state index contributed by atoms with van der Waals surface area (Å²) in [4.78, 5) is 30.9. The van der Waals surface area contributed by atoms with E-state index in [0.717, 1.165) is 11.1 Å². The fourth-order valence-electron chi connectivity index (χ4n) is 3.15. The van der Waals surface area contributed by atoms with Crippen LogP contribution in [0.15, 0.2) is 48.8 Å². The van der Waals surface area contributed by atoms with Crippen molar-refractivity contribution in [1.82, 2.24) is 9.88 Å². The first-order chi connectivity index (χ1) is 13.3. The average molecular weight is 384 g/mol. The Kier molecular flexibility index (Phi) is 7.52. The molecule has 7 nitrogen and oxygen atoms in total. The van der Waals surface area contributed by atoms with Crippen LogP contribution in [0.3, 0.4) is 0 Å². The summed E-state index contributed by atoms with van der Waals surface area (Å²) in [6, 6.07) is 8.53. The van der Waals surface area contributed by atoms with Gasteiger partial charge in [0.05, 0.1) is 6.04 Å². The summed E-state index contributed by atoms with van der Waals surface area (Å²) in [5, 5.41) is 9.41. The first-order valence-corrected chi connectivity index (χ1v) is 9.35. The predicted octanol–water partition coefficient (Wildman–Crippen LogP) is 1.59. The zero-order valence-corrected chi connectivity index (χ0v) is 16.3. The van der Waals surface area contributed by atoms with Crippen LogP contribution in [0.4, 0.5) is 0 Å². The number of benzene rings is 1. The van der Waals surface area contributed by atoms with Crippen LogP contribution < -0.4 is 11.5 Å². The number of amides is 2. The number of nitrogens with zero attached hydrogens (tertiary/aromatic N) is 2. The summed E-state index contributed by atoms with van der Waals surface area (Å²) in [6.45, 7) is 4.07. The number of carbonyl (C=O) groups excluding carboxylic acids is 2. The van der Waals surface area contributed by atoms with E-state index in [4.69, 9.17) is 11.5 Å². The number of hydrogen-bond donors (Lipinski definition) is 3. The summed E-state index contributed by atoms with van der Waals surface area (Å²) in [5.41, 5.74) is 13.5. The number of phenols is 1. The van der Waals surface area contributed by atoms with Crippen molar-refractivity contribution >= 4 is 11.8 Å². The van der Waals surface area contributed by atoms with Gasteiger partial charge < -0.3 is 21.5 Å². The lowest BCUT2D eigenvalue weighted by Crippen LogP contribution is -2.55. The molecule has 0 saturated heterocycles. The zero-order valence-electron chi connectivity index (χ0n) is 16.3. The third-order valence-corrected chi connectivity index (χ3v) is 4.90. The van der Waals surface area contributed by atoms with E-state index in [9.17, 15) is 14.7 Å². The minimum atomic E-state index is -0.836. The lowest BCUT2D eigenvalue weighted by molar-refractivity contribution is -0.143. The van der Waals surface area contributed by atoms with Crippen LogP contribution in [-0.4, -0.2) is 38.9 Å². The van der Waals surface area contributed by atoms with Crippen molar-refractivity contribution in [2.45, 2.75) is 45.3 Å². The molecule has 150 valence electrons. The summed E-state index contributed by atoms with van der Waals surface area (Å²) in [6.07, 6.45) is 4.26. The molecule has 3 atom stereocenters. The first-order valence-electron chi connectivity index (χ1n) is 9.35. The predicted molar refractivity (Wildman–Crippen MR) is 107 cm³/mol. The van der Waals surface area contributed by atoms with Gasteiger partial charge in [-0.15, -0.1) is 0 Å². The standard InChI is InChI=1S/C21H28N4O3/c1-3-14(2)19(20(23)27)25(13-16-8-10-24-11-9-16)21(28)18(22)12-15-4-6-17(26)7-5-15/h4-11,14,18-19,26H,3,12-13,22H2,1-2H3,(H2,23,27). The molecule has 2 amide bonds. The molecule has 1 aromatic heterocycles. The van der Waals surface area contributed by atoms with Gasteiger partial charge in [0.1, 0.15) is 11.8 Å². The molecule has 0 aliphatic carbocycles. The van der Waals surface area contributed by atoms with E-state index in [0.29, 0.717) is 6.42 Å². The van der Waals surface area contributed by atoms with E-state index in [1.165, 1.54) is 4.90 Å². The topological polar surface area (TPSA) is 123 Å². The molecule has 0 saturated carbocycles. The van der Waals surface area contributed by atoms with Gasteiger partial charge in [-0.1, -0.05) is 32.4 Å². The van der Waals surface area contributed by atoms with Gasteiger partial charge >= 0.3 is 0 Å². The van der Waals surface area contributed by atoms with Crippen LogP contribution >= 0.6 is 0 Å². The first kappa shape index (κ1) is 21.4. The number of phenolic OH excluding ortho intramolecular Hbond substituents is 1. The van der Waals surface area contributed by atoms with Crippen LogP contribution in [0.1, 0.15) is 31.4 Å². The Labute approximate surface area is 165 Å². The Balaban J connectivity index is 2.28. The van der Waals surface area contributed by atoms with Gasteiger partial charge in [-0.05, 0) is 47.7 Å². The largest absolute Gasteiger partial charge is 0.508 e. The highest BCUT2D eigenvalue weighted by Gasteiger charge is 2.34. The monoisotopic (exact) mass is 384 g/mol. The molecule has 28 heavy (non-hydrogen) atoms. The number of pyridine rings is 1. The molecule has 3 unspecified atom stereocenters. The highest BCUT2D eigenvalue weighted by Crippen LogP contribution is 2.20. The van der Waals surface area contributed by atoms with Crippen molar-refractivity contribution < 1.29 is 14.7 Å². The number of hydrogen-bond acceptors (Lipinski definition) is 5. The summed E-state index contributed by atoms with van der Waals surface area (Å²) >= 11 is 0. The van der Waals surface area contributed by atoms with Gasteiger partial charge in [0, 0.05) is 18.9 Å². The Bertz CT molecular complexity index is 780. The lowest BCUT2D eigenvalue weighted by Gasteiger charge is -2.35. The average Bonchev–Trinajstić information content (AvgIpc) is 2.69. The molecule has 0 spiro atoms. The van der Waals surface area contributed by atoms with E-state index in [2.05, 4.69) is 4.98 Å². The molecule has 0 fully saturated rings. The molecule has 7 heteroatoms. The van der Waals surface area contributed by atoms with E-state index in [1.807, 2.05) is 13.8 Å². The maximum atomic E-state index is 13.2. The van der Waals surface area contributed by atoms with Gasteiger partial charge in [0.2, 0.25) is 11.8 Å². The summed E-state index contributed by atoms with van der Waals surface area (Å²) in [5.74, 6) is -0.847. The number of aromatic hydroxyl groups is 1. The third kappa shape index (κ3) is 5.53. The second-order valence-electron chi connectivity index (χ2n) is 7.03. The Hall–Kier alpha value is -2.93. The van der Waals surface area contributed by atoms with Crippen LogP contribution in [0.25, 0.3) is 0 Å². The second kappa shape index (κ2) is 9.85. The molecular weight excluding hydrogens is 356 g/mol. The van der Waals surface area contributed by atoms with Gasteiger partial charge in [-0.25, -0.2) is 0 Å². The SMILES string of the molecule is CCC(C)C(C(N)=O)N(Cc1ccncc1)C(=O)C(N)Cc1ccc(O)cc1. The van der Waals surface area contributed by atoms with Crippen molar-refractivity contribution in [2.24, 2.45) is 17.4 Å². The highest BCUT2D eigenvalue weighted by molar-refractivity contribution is 5.89. The smallest absolute Gasteiger partial charge is 0.240 e. The molecule has 1 heterocycles. The zero-order chi connectivity index (χ0) is 20.7. The molecule has 5 N–H and O–H groups in total. The maximum Gasteiger partial charge on any atom is 0.240 e. The molecule has 2 rings (SSSR count). The molecule has 2 aromatic rings. The van der Waals surface area contributed by atoms with E-state index < -0.39 is 18.0 Å². The fourth-order valence-corrected chi connectivity index (χ4v) is 3.15. The Morgan fingerprint density at radius 1 is 1.11 bits per heavy atom. The molecule has 0 aliphatic rings. The number of rotatable bonds is 9. The third-order valence-electron chi connectivity index (χ3n) is 4.90. The lowest BCUT2D eigenvalue weighted by atomic mass is 9.95. The fraction of sp³-hybridized carbons (Fsp3) is 0.381. The van der Waals surface area contributed by atoms with Crippen molar-refractivity contribution in [3.05, 3.63) is 59.9 Å². The molecular formula is C21H28N4O3. The number of primary amides is 1. The normalized spacial score (nSPS) is 14.1. The summed E-state index contributed by atoms with van der Waals surface area (Å²) in [7, 11) is 0. The Morgan fingerprint density at radius 2 is 1.71 bits per heavy atom. The quantitative estimate of drug-likeness (QED) is 0.606. The molecule has 1 aromatic carbocycles. The van der Waals surface area contributed by atoms with E-state index in [1.54, 1.807) is 48.8 Å². The Morgan fingerprint density at radius 3 is 2.25 bits per heavy atom. The van der Waals surface area contributed by atoms with Crippen LogP contribution in [0.5, 0.6) is 5.75 Å². The van der Waals surface area contributed by atoms with Crippen molar-refractivity contribution in [3.63, 3.8) is 0 Å². The maximum absolute atomic E-state index is 13.2. The van der Waals surface area contributed by atoms with Crippen LogP contribution in [-0.2, 0) is 22.6 Å². The van der Waals surface area contributed by atoms with Gasteiger partial charge in [-0.3, -0.25) is 14.6 Å². The molecule has 0 aliphatic heterocycles. The minimum Gasteiger partial charge on any atom is -0.508 e. The van der Waals surface area contributed by atoms with Crippen molar-refractivity contribution in [2.75, 3.05) is 0 Å². The van der Waals surface area contributed by atoms with Gasteiger partial charge in [0.15, 0.2) is 0 Å². The molecule has 0 radical (unpaired) electrons. The second-order valence-corrected chi connectivity index (χ2v) is 7.03. The van der Waals surface area contributed by atoms with Gasteiger partial charge in [-0.2, -0.15) is 0 Å². The van der Waals surface area contributed by atoms with E-state index in [-0.39, 0.29) is 30.5 Å². The summed E-state index contributed by atoms with van der Waals surface area (Å²) < 4.78 is 0.